The zero-order chi connectivity index (χ0) is 20.4. The van der Waals surface area contributed by atoms with E-state index in [1.54, 1.807) is 24.3 Å². The molecule has 0 fully saturated rings. The molecule has 4 nitrogen and oxygen atoms in total. The largest absolute Gasteiger partial charge is 0.507 e. The summed E-state index contributed by atoms with van der Waals surface area (Å²) >= 11 is 0. The van der Waals surface area contributed by atoms with Crippen LogP contribution in [0.5, 0.6) is 11.5 Å². The Morgan fingerprint density at radius 1 is 0.567 bits per heavy atom. The molecule has 5 heteroatoms. The molecule has 0 spiro atoms. The fourth-order valence-corrected chi connectivity index (χ4v) is 3.38. The number of phenolic OH excluding ortho intramolecular Hbond substituents is 2. The third-order valence-corrected chi connectivity index (χ3v) is 5.14. The molecule has 0 saturated carbocycles. The number of aromatic nitrogens is 2. The van der Waals surface area contributed by atoms with Crippen LogP contribution in [0.1, 0.15) is 25.2 Å². The van der Waals surface area contributed by atoms with Crippen molar-refractivity contribution in [2.24, 2.45) is 0 Å². The minimum Gasteiger partial charge on any atom is -0.507 e. The van der Waals surface area contributed by atoms with E-state index < -0.39 is 5.41 Å². The Hall–Kier alpha value is -2.97. The zero-order valence-electron chi connectivity index (χ0n) is 16.7. The summed E-state index contributed by atoms with van der Waals surface area (Å²) in [4.78, 5) is 9.64. The molecule has 0 aliphatic rings. The summed E-state index contributed by atoms with van der Waals surface area (Å²) in [5.41, 5.74) is 4.04. The molecule has 0 aliphatic heterocycles. The van der Waals surface area contributed by atoms with Crippen LogP contribution in [-0.2, 0) is 26.5 Å². The number of aromatic hydroxyl groups is 2. The third-order valence-electron chi connectivity index (χ3n) is 5.14. The van der Waals surface area contributed by atoms with Gasteiger partial charge in [0.15, 0.2) is 0 Å². The van der Waals surface area contributed by atoms with Crippen molar-refractivity contribution in [3.8, 4) is 34.0 Å². The van der Waals surface area contributed by atoms with Crippen LogP contribution in [-0.4, -0.2) is 20.2 Å². The molecular formula is C25H22N2O2Pt. The number of hydrogen-bond donors (Lipinski definition) is 2. The first-order valence-electron chi connectivity index (χ1n) is 9.48. The van der Waals surface area contributed by atoms with E-state index in [4.69, 9.17) is 9.97 Å². The Morgan fingerprint density at radius 2 is 0.967 bits per heavy atom. The molecule has 2 N–H and O–H groups in total. The van der Waals surface area contributed by atoms with Crippen LogP contribution in [0, 0.1) is 0 Å². The SMILES string of the molecule is CC(C)(c1cccc(-c2ccccc2O)n1)c1cccc(-c2ccccc2O)n1.[Pt]. The second-order valence-electron chi connectivity index (χ2n) is 7.48. The van der Waals surface area contributed by atoms with Gasteiger partial charge in [0, 0.05) is 37.6 Å². The maximum Gasteiger partial charge on any atom is 0.124 e. The standard InChI is InChI=1S/C25H22N2O2.Pt/c1-25(2,23-15-7-11-19(26-23)17-9-3-5-13-21(17)28)24-16-8-12-20(27-24)18-10-4-6-14-22(18)29;/h3-16,28-29H,1-2H3;. The predicted octanol–water partition coefficient (Wildman–Crippen LogP) is 5.55. The van der Waals surface area contributed by atoms with Crippen LogP contribution >= 0.6 is 0 Å². The average Bonchev–Trinajstić information content (AvgIpc) is 2.74. The second kappa shape index (κ2) is 8.81. The quantitative estimate of drug-likeness (QED) is 0.334. The maximum absolute atomic E-state index is 10.2. The van der Waals surface area contributed by atoms with Crippen LogP contribution in [0.25, 0.3) is 22.5 Å². The molecule has 2 heterocycles. The van der Waals surface area contributed by atoms with Crippen molar-refractivity contribution in [1.82, 2.24) is 9.97 Å². The van der Waals surface area contributed by atoms with Gasteiger partial charge < -0.3 is 10.2 Å². The molecule has 2 aromatic carbocycles. The molecule has 0 saturated heterocycles. The van der Waals surface area contributed by atoms with E-state index in [1.807, 2.05) is 60.7 Å². The van der Waals surface area contributed by atoms with Gasteiger partial charge >= 0.3 is 0 Å². The predicted molar refractivity (Wildman–Crippen MR) is 115 cm³/mol. The second-order valence-corrected chi connectivity index (χ2v) is 7.48. The van der Waals surface area contributed by atoms with Crippen LogP contribution in [0.15, 0.2) is 84.9 Å². The molecule has 0 amide bonds. The molecule has 0 unspecified atom stereocenters. The summed E-state index contributed by atoms with van der Waals surface area (Å²) in [6.07, 6.45) is 0. The van der Waals surface area contributed by atoms with Gasteiger partial charge in [-0.25, -0.2) is 0 Å². The normalized spacial score (nSPS) is 11.0. The number of benzene rings is 2. The molecule has 154 valence electrons. The third kappa shape index (κ3) is 4.15. The number of pyridine rings is 2. The van der Waals surface area contributed by atoms with Crippen LogP contribution < -0.4 is 0 Å². The Kier molecular flexibility index (Phi) is 6.38. The van der Waals surface area contributed by atoms with Crippen molar-refractivity contribution < 1.29 is 31.3 Å². The van der Waals surface area contributed by atoms with Crippen molar-refractivity contribution in [1.29, 1.82) is 0 Å². The molecule has 0 radical (unpaired) electrons. The number of hydrogen-bond acceptors (Lipinski definition) is 4. The van der Waals surface area contributed by atoms with E-state index in [2.05, 4.69) is 13.8 Å². The fraction of sp³-hybridized carbons (Fsp3) is 0.120. The van der Waals surface area contributed by atoms with E-state index in [1.165, 1.54) is 0 Å². The van der Waals surface area contributed by atoms with Gasteiger partial charge in [-0.1, -0.05) is 36.4 Å². The van der Waals surface area contributed by atoms with Crippen LogP contribution in [0.4, 0.5) is 0 Å². The average molecular weight is 578 g/mol. The van der Waals surface area contributed by atoms with Gasteiger partial charge in [-0.3, -0.25) is 9.97 Å². The van der Waals surface area contributed by atoms with Crippen molar-refractivity contribution in [2.75, 3.05) is 0 Å². The van der Waals surface area contributed by atoms with Gasteiger partial charge in [0.05, 0.1) is 22.8 Å². The minimum atomic E-state index is -0.471. The van der Waals surface area contributed by atoms with E-state index in [9.17, 15) is 10.2 Å². The molecule has 4 aromatic rings. The number of para-hydroxylation sites is 2. The van der Waals surface area contributed by atoms with E-state index in [0.717, 1.165) is 11.4 Å². The van der Waals surface area contributed by atoms with Crippen LogP contribution in [0.3, 0.4) is 0 Å². The van der Waals surface area contributed by atoms with Gasteiger partial charge in [-0.15, -0.1) is 0 Å². The number of nitrogens with zero attached hydrogens (tertiary/aromatic N) is 2. The Labute approximate surface area is 190 Å². The number of phenols is 2. The fourth-order valence-electron chi connectivity index (χ4n) is 3.38. The Morgan fingerprint density at radius 3 is 1.37 bits per heavy atom. The molecule has 2 aromatic heterocycles. The van der Waals surface area contributed by atoms with Crippen LogP contribution in [0.2, 0.25) is 0 Å². The van der Waals surface area contributed by atoms with E-state index in [-0.39, 0.29) is 32.6 Å². The monoisotopic (exact) mass is 577 g/mol. The minimum absolute atomic E-state index is 0. The molecule has 4 rings (SSSR count). The Balaban J connectivity index is 0.00000256. The molecule has 0 aliphatic carbocycles. The van der Waals surface area contributed by atoms with Gasteiger partial charge in [0.1, 0.15) is 11.5 Å². The van der Waals surface area contributed by atoms with E-state index in [0.29, 0.717) is 22.5 Å². The molecule has 0 bridgehead atoms. The summed E-state index contributed by atoms with van der Waals surface area (Å²) in [6, 6.07) is 26.0. The van der Waals surface area contributed by atoms with E-state index >= 15 is 0 Å². The first-order chi connectivity index (χ1) is 14.0. The summed E-state index contributed by atoms with van der Waals surface area (Å²) in [6.45, 7) is 4.14. The molecular weight excluding hydrogens is 555 g/mol. The summed E-state index contributed by atoms with van der Waals surface area (Å²) < 4.78 is 0. The molecule has 0 atom stereocenters. The van der Waals surface area contributed by atoms with Gasteiger partial charge in [-0.2, -0.15) is 0 Å². The molecule has 30 heavy (non-hydrogen) atoms. The van der Waals surface area contributed by atoms with Gasteiger partial charge in [0.25, 0.3) is 0 Å². The summed E-state index contributed by atoms with van der Waals surface area (Å²) in [5, 5.41) is 20.4. The smallest absolute Gasteiger partial charge is 0.124 e. The zero-order valence-corrected chi connectivity index (χ0v) is 19.0. The van der Waals surface area contributed by atoms with Gasteiger partial charge in [-0.05, 0) is 62.4 Å². The first-order valence-corrected chi connectivity index (χ1v) is 9.48. The summed E-state index contributed by atoms with van der Waals surface area (Å²) in [5.74, 6) is 0.407. The number of rotatable bonds is 4. The summed E-state index contributed by atoms with van der Waals surface area (Å²) in [7, 11) is 0. The van der Waals surface area contributed by atoms with Crippen molar-refractivity contribution in [3.63, 3.8) is 0 Å². The van der Waals surface area contributed by atoms with Crippen molar-refractivity contribution in [3.05, 3.63) is 96.3 Å². The van der Waals surface area contributed by atoms with Gasteiger partial charge in [0.2, 0.25) is 0 Å². The maximum atomic E-state index is 10.2. The van der Waals surface area contributed by atoms with Crippen molar-refractivity contribution >= 4 is 0 Å². The van der Waals surface area contributed by atoms with Crippen molar-refractivity contribution in [2.45, 2.75) is 19.3 Å². The topological polar surface area (TPSA) is 66.2 Å². The first kappa shape index (κ1) is 21.7. The Bertz CT molecular complexity index is 1080.